The lowest BCUT2D eigenvalue weighted by Crippen LogP contribution is -2.32. The van der Waals surface area contributed by atoms with Gasteiger partial charge in [0.15, 0.2) is 15.6 Å². The van der Waals surface area contributed by atoms with Gasteiger partial charge < -0.3 is 4.74 Å². The van der Waals surface area contributed by atoms with Gasteiger partial charge in [-0.2, -0.15) is 0 Å². The fraction of sp³-hybridized carbons (Fsp3) is 0.917. The second-order valence-electron chi connectivity index (χ2n) is 5.09. The van der Waals surface area contributed by atoms with Crippen molar-refractivity contribution in [1.29, 1.82) is 0 Å². The zero-order chi connectivity index (χ0) is 12.3. The number of Topliss-reactive ketones (excluding diaryl/α,β-unsaturated/α-hetero) is 1. The molecule has 98 valence electrons. The Kier molecular flexibility index (Phi) is 4.20. The van der Waals surface area contributed by atoms with E-state index in [4.69, 9.17) is 4.74 Å². The van der Waals surface area contributed by atoms with Crippen LogP contribution in [0.2, 0.25) is 0 Å². The third-order valence-corrected chi connectivity index (χ3v) is 5.96. The van der Waals surface area contributed by atoms with Gasteiger partial charge in [0, 0.05) is 12.5 Å². The first-order valence-electron chi connectivity index (χ1n) is 6.41. The van der Waals surface area contributed by atoms with Crippen LogP contribution in [0.3, 0.4) is 0 Å². The summed E-state index contributed by atoms with van der Waals surface area (Å²) in [5.41, 5.74) is 0. The molecule has 2 rings (SSSR count). The van der Waals surface area contributed by atoms with Crippen molar-refractivity contribution in [2.24, 2.45) is 5.92 Å². The van der Waals surface area contributed by atoms with Crippen LogP contribution in [0.4, 0.5) is 0 Å². The molecular formula is C12H20O4S. The van der Waals surface area contributed by atoms with Crippen LogP contribution in [-0.2, 0) is 19.4 Å². The van der Waals surface area contributed by atoms with Crippen LogP contribution in [0.15, 0.2) is 0 Å². The Balaban J connectivity index is 1.93. The largest absolute Gasteiger partial charge is 0.381 e. The SMILES string of the molecule is O=C(CS(=O)(=O)C1CCCCC1)C1CCOC1. The van der Waals surface area contributed by atoms with Gasteiger partial charge in [0.2, 0.25) is 0 Å². The second kappa shape index (κ2) is 5.48. The van der Waals surface area contributed by atoms with E-state index in [9.17, 15) is 13.2 Å². The minimum absolute atomic E-state index is 0.145. The maximum atomic E-state index is 12.1. The van der Waals surface area contributed by atoms with Gasteiger partial charge in [0.1, 0.15) is 5.75 Å². The molecule has 17 heavy (non-hydrogen) atoms. The fourth-order valence-electron chi connectivity index (χ4n) is 2.65. The lowest BCUT2D eigenvalue weighted by molar-refractivity contribution is -0.120. The first-order chi connectivity index (χ1) is 8.09. The molecule has 0 aromatic carbocycles. The normalized spacial score (nSPS) is 27.2. The molecule has 1 saturated heterocycles. The first-order valence-corrected chi connectivity index (χ1v) is 8.13. The molecule has 2 aliphatic rings. The van der Waals surface area contributed by atoms with E-state index >= 15 is 0 Å². The maximum Gasteiger partial charge on any atom is 0.160 e. The molecule has 1 unspecified atom stereocenters. The molecule has 4 nitrogen and oxygen atoms in total. The van der Waals surface area contributed by atoms with Crippen LogP contribution in [0, 0.1) is 5.92 Å². The van der Waals surface area contributed by atoms with Crippen molar-refractivity contribution < 1.29 is 17.9 Å². The Labute approximate surface area is 103 Å². The summed E-state index contributed by atoms with van der Waals surface area (Å²) in [7, 11) is -3.23. The van der Waals surface area contributed by atoms with E-state index in [1.54, 1.807) is 0 Å². The van der Waals surface area contributed by atoms with E-state index in [-0.39, 0.29) is 22.7 Å². The fourth-order valence-corrected chi connectivity index (χ4v) is 4.57. The van der Waals surface area contributed by atoms with Crippen molar-refractivity contribution >= 4 is 15.6 Å². The van der Waals surface area contributed by atoms with E-state index in [1.807, 2.05) is 0 Å². The quantitative estimate of drug-likeness (QED) is 0.765. The van der Waals surface area contributed by atoms with Gasteiger partial charge in [-0.05, 0) is 19.3 Å². The van der Waals surface area contributed by atoms with Crippen LogP contribution < -0.4 is 0 Å². The Morgan fingerprint density at radius 2 is 1.82 bits per heavy atom. The number of sulfone groups is 1. The zero-order valence-electron chi connectivity index (χ0n) is 10.1. The van der Waals surface area contributed by atoms with Crippen molar-refractivity contribution in [3.8, 4) is 0 Å². The van der Waals surface area contributed by atoms with Gasteiger partial charge in [-0.3, -0.25) is 4.79 Å². The highest BCUT2D eigenvalue weighted by atomic mass is 32.2. The predicted molar refractivity (Wildman–Crippen MR) is 64.6 cm³/mol. The highest BCUT2D eigenvalue weighted by molar-refractivity contribution is 7.92. The maximum absolute atomic E-state index is 12.1. The van der Waals surface area contributed by atoms with Crippen LogP contribution in [0.1, 0.15) is 38.5 Å². The molecule has 2 fully saturated rings. The molecule has 0 aromatic rings. The molecular weight excluding hydrogens is 240 g/mol. The molecule has 0 N–H and O–H groups in total. The van der Waals surface area contributed by atoms with Crippen molar-refractivity contribution in [1.82, 2.24) is 0 Å². The number of rotatable bonds is 4. The molecule has 1 atom stereocenters. The molecule has 0 radical (unpaired) electrons. The molecule has 1 heterocycles. The van der Waals surface area contributed by atoms with E-state index in [0.717, 1.165) is 32.1 Å². The summed E-state index contributed by atoms with van der Waals surface area (Å²) in [4.78, 5) is 11.8. The lowest BCUT2D eigenvalue weighted by atomic mass is 10.0. The summed E-state index contributed by atoms with van der Waals surface area (Å²) in [5, 5.41) is -0.275. The van der Waals surface area contributed by atoms with Gasteiger partial charge in [-0.15, -0.1) is 0 Å². The van der Waals surface area contributed by atoms with E-state index < -0.39 is 9.84 Å². The standard InChI is InChI=1S/C12H20O4S/c13-12(10-6-7-16-8-10)9-17(14,15)11-4-2-1-3-5-11/h10-11H,1-9H2. The third-order valence-electron chi connectivity index (χ3n) is 3.79. The first kappa shape index (κ1) is 13.0. The number of hydrogen-bond acceptors (Lipinski definition) is 4. The number of carbonyl (C=O) groups excluding carboxylic acids is 1. The van der Waals surface area contributed by atoms with Crippen molar-refractivity contribution in [2.75, 3.05) is 19.0 Å². The summed E-state index contributed by atoms with van der Waals surface area (Å²) in [6.07, 6.45) is 5.22. The topological polar surface area (TPSA) is 60.4 Å². The summed E-state index contributed by atoms with van der Waals surface area (Å²) >= 11 is 0. The van der Waals surface area contributed by atoms with Gasteiger partial charge in [-0.25, -0.2) is 8.42 Å². The molecule has 0 amide bonds. The molecule has 1 aliphatic carbocycles. The Hall–Kier alpha value is -0.420. The monoisotopic (exact) mass is 260 g/mol. The summed E-state index contributed by atoms with van der Waals surface area (Å²) in [6, 6.07) is 0. The summed E-state index contributed by atoms with van der Waals surface area (Å²) in [6.45, 7) is 0.985. The van der Waals surface area contributed by atoms with Crippen LogP contribution in [-0.4, -0.2) is 38.4 Å². The minimum atomic E-state index is -3.23. The minimum Gasteiger partial charge on any atom is -0.381 e. The van der Waals surface area contributed by atoms with E-state index in [0.29, 0.717) is 19.6 Å². The van der Waals surface area contributed by atoms with Crippen molar-refractivity contribution in [3.05, 3.63) is 0 Å². The molecule has 0 aromatic heterocycles. The number of ether oxygens (including phenoxy) is 1. The van der Waals surface area contributed by atoms with Crippen molar-refractivity contribution in [2.45, 2.75) is 43.8 Å². The summed E-state index contributed by atoms with van der Waals surface area (Å²) in [5.74, 6) is -0.604. The number of hydrogen-bond donors (Lipinski definition) is 0. The summed E-state index contributed by atoms with van der Waals surface area (Å²) < 4.78 is 29.3. The van der Waals surface area contributed by atoms with Gasteiger partial charge >= 0.3 is 0 Å². The van der Waals surface area contributed by atoms with E-state index in [1.165, 1.54) is 0 Å². The van der Waals surface area contributed by atoms with Crippen LogP contribution >= 0.6 is 0 Å². The highest BCUT2D eigenvalue weighted by Gasteiger charge is 2.33. The molecule has 1 saturated carbocycles. The zero-order valence-corrected chi connectivity index (χ0v) is 10.9. The van der Waals surface area contributed by atoms with Gasteiger partial charge in [0.25, 0.3) is 0 Å². The molecule has 0 spiro atoms. The average molecular weight is 260 g/mol. The Bertz CT molecular complexity index is 362. The highest BCUT2D eigenvalue weighted by Crippen LogP contribution is 2.25. The van der Waals surface area contributed by atoms with Crippen LogP contribution in [0.25, 0.3) is 0 Å². The van der Waals surface area contributed by atoms with E-state index in [2.05, 4.69) is 0 Å². The van der Waals surface area contributed by atoms with Gasteiger partial charge in [-0.1, -0.05) is 19.3 Å². The Morgan fingerprint density at radius 3 is 2.41 bits per heavy atom. The predicted octanol–water partition coefficient (Wildman–Crippen LogP) is 1.34. The van der Waals surface area contributed by atoms with Gasteiger partial charge in [0.05, 0.1) is 11.9 Å². The average Bonchev–Trinajstić information content (AvgIpc) is 2.83. The van der Waals surface area contributed by atoms with Crippen LogP contribution in [0.5, 0.6) is 0 Å². The third kappa shape index (κ3) is 3.28. The Morgan fingerprint density at radius 1 is 1.12 bits per heavy atom. The number of ketones is 1. The molecule has 1 aliphatic heterocycles. The lowest BCUT2D eigenvalue weighted by Gasteiger charge is -2.21. The van der Waals surface area contributed by atoms with Crippen molar-refractivity contribution in [3.63, 3.8) is 0 Å². The number of carbonyl (C=O) groups is 1. The molecule has 0 bridgehead atoms. The second-order valence-corrected chi connectivity index (χ2v) is 7.38. The smallest absolute Gasteiger partial charge is 0.160 e. The molecule has 5 heteroatoms.